The first kappa shape index (κ1) is 17.7. The lowest BCUT2D eigenvalue weighted by Gasteiger charge is -2.36. The number of nitrogens with one attached hydrogen (secondary N) is 1. The second-order valence-electron chi connectivity index (χ2n) is 6.74. The molecule has 0 spiro atoms. The predicted molar refractivity (Wildman–Crippen MR) is 101 cm³/mol. The Morgan fingerprint density at radius 2 is 2.17 bits per heavy atom. The fourth-order valence-corrected chi connectivity index (χ4v) is 4.13. The maximum absolute atomic E-state index is 5.97. The number of hydrogen-bond acceptors (Lipinski definition) is 7. The van der Waals surface area contributed by atoms with Gasteiger partial charge >= 0.3 is 0 Å². The summed E-state index contributed by atoms with van der Waals surface area (Å²) in [4.78, 5) is 9.63. The van der Waals surface area contributed by atoms with Gasteiger partial charge in [0.05, 0.1) is 5.69 Å². The largest absolute Gasteiger partial charge is 0.373 e. The minimum absolute atomic E-state index is 0.442. The molecule has 134 valence electrons. The molecule has 0 saturated carbocycles. The number of hydrogen-bond donors (Lipinski definition) is 2. The SMILES string of the molecule is C=C(CC)N1CCN(Cc2csc(NC[C@H]3CCCN3N)n2)CC1. The molecule has 0 amide bonds. The Morgan fingerprint density at radius 3 is 2.83 bits per heavy atom. The average molecular weight is 351 g/mol. The Labute approximate surface area is 149 Å². The molecule has 0 aromatic carbocycles. The van der Waals surface area contributed by atoms with Crippen molar-refractivity contribution in [3.05, 3.63) is 23.3 Å². The van der Waals surface area contributed by atoms with Gasteiger partial charge in [-0.25, -0.2) is 9.99 Å². The van der Waals surface area contributed by atoms with E-state index >= 15 is 0 Å². The second-order valence-corrected chi connectivity index (χ2v) is 7.60. The summed E-state index contributed by atoms with van der Waals surface area (Å²) in [5.41, 5.74) is 2.43. The van der Waals surface area contributed by atoms with Crippen LogP contribution in [0.25, 0.3) is 0 Å². The van der Waals surface area contributed by atoms with E-state index < -0.39 is 0 Å². The van der Waals surface area contributed by atoms with Gasteiger partial charge in [-0.05, 0) is 19.3 Å². The normalized spacial score (nSPS) is 22.9. The predicted octanol–water partition coefficient (Wildman–Crippen LogP) is 1.93. The number of rotatable bonds is 7. The fourth-order valence-electron chi connectivity index (χ4n) is 3.42. The molecule has 6 nitrogen and oxygen atoms in total. The van der Waals surface area contributed by atoms with Crippen molar-refractivity contribution in [2.75, 3.05) is 44.6 Å². The Bertz CT molecular complexity index is 537. The van der Waals surface area contributed by atoms with E-state index in [9.17, 15) is 0 Å². The molecule has 2 saturated heterocycles. The maximum atomic E-state index is 5.97. The van der Waals surface area contributed by atoms with Gasteiger partial charge in [-0.3, -0.25) is 10.7 Å². The first-order chi connectivity index (χ1) is 11.7. The molecule has 1 aromatic heterocycles. The summed E-state index contributed by atoms with van der Waals surface area (Å²) < 4.78 is 0. The van der Waals surface area contributed by atoms with Crippen molar-refractivity contribution in [1.82, 2.24) is 19.8 Å². The molecule has 2 aliphatic heterocycles. The quantitative estimate of drug-likeness (QED) is 0.733. The maximum Gasteiger partial charge on any atom is 0.182 e. The van der Waals surface area contributed by atoms with E-state index in [2.05, 4.69) is 34.0 Å². The summed E-state index contributed by atoms with van der Waals surface area (Å²) in [6.07, 6.45) is 3.42. The van der Waals surface area contributed by atoms with Crippen LogP contribution in [-0.4, -0.2) is 65.1 Å². The zero-order chi connectivity index (χ0) is 16.9. The van der Waals surface area contributed by atoms with Crippen LogP contribution in [0.4, 0.5) is 5.13 Å². The van der Waals surface area contributed by atoms with Crippen LogP contribution in [0, 0.1) is 0 Å². The van der Waals surface area contributed by atoms with Crippen LogP contribution in [0.1, 0.15) is 31.9 Å². The van der Waals surface area contributed by atoms with E-state index in [-0.39, 0.29) is 0 Å². The van der Waals surface area contributed by atoms with Crippen molar-refractivity contribution in [2.45, 2.75) is 38.8 Å². The summed E-state index contributed by atoms with van der Waals surface area (Å²) >= 11 is 1.70. The third-order valence-electron chi connectivity index (χ3n) is 5.08. The summed E-state index contributed by atoms with van der Waals surface area (Å²) in [5.74, 6) is 5.97. The Hall–Kier alpha value is -1.15. The summed E-state index contributed by atoms with van der Waals surface area (Å²) in [5, 5.41) is 8.59. The highest BCUT2D eigenvalue weighted by Gasteiger charge is 2.22. The van der Waals surface area contributed by atoms with E-state index in [0.29, 0.717) is 6.04 Å². The number of piperazine rings is 1. The minimum Gasteiger partial charge on any atom is -0.373 e. The monoisotopic (exact) mass is 350 g/mol. The van der Waals surface area contributed by atoms with Crippen LogP contribution in [-0.2, 0) is 6.54 Å². The van der Waals surface area contributed by atoms with Crippen LogP contribution in [0.3, 0.4) is 0 Å². The van der Waals surface area contributed by atoms with E-state index in [4.69, 9.17) is 10.8 Å². The molecule has 3 rings (SSSR count). The number of aromatic nitrogens is 1. The van der Waals surface area contributed by atoms with Gasteiger partial charge in [-0.2, -0.15) is 0 Å². The third kappa shape index (κ3) is 4.47. The number of allylic oxidation sites excluding steroid dienone is 1. The molecule has 2 fully saturated rings. The van der Waals surface area contributed by atoms with E-state index in [1.54, 1.807) is 11.3 Å². The molecule has 0 unspecified atom stereocenters. The summed E-state index contributed by atoms with van der Waals surface area (Å²) in [7, 11) is 0. The lowest BCUT2D eigenvalue weighted by Crippen LogP contribution is -2.45. The van der Waals surface area contributed by atoms with Gasteiger partial charge in [-0.1, -0.05) is 13.5 Å². The molecule has 7 heteroatoms. The van der Waals surface area contributed by atoms with Crippen molar-refractivity contribution in [3.8, 4) is 0 Å². The minimum atomic E-state index is 0.442. The summed E-state index contributed by atoms with van der Waals surface area (Å²) in [6, 6.07) is 0.442. The molecule has 2 aliphatic rings. The highest BCUT2D eigenvalue weighted by atomic mass is 32.1. The van der Waals surface area contributed by atoms with Gasteiger partial charge < -0.3 is 10.2 Å². The second kappa shape index (κ2) is 8.29. The molecule has 24 heavy (non-hydrogen) atoms. The molecule has 1 atom stereocenters. The van der Waals surface area contributed by atoms with Crippen molar-refractivity contribution in [3.63, 3.8) is 0 Å². The van der Waals surface area contributed by atoms with E-state index in [1.165, 1.54) is 24.2 Å². The zero-order valence-electron chi connectivity index (χ0n) is 14.7. The fraction of sp³-hybridized carbons (Fsp3) is 0.706. The molecule has 0 aliphatic carbocycles. The van der Waals surface area contributed by atoms with E-state index in [0.717, 1.165) is 57.4 Å². The van der Waals surface area contributed by atoms with E-state index in [1.807, 2.05) is 5.01 Å². The van der Waals surface area contributed by atoms with Crippen LogP contribution in [0.5, 0.6) is 0 Å². The lowest BCUT2D eigenvalue weighted by atomic mass is 10.2. The van der Waals surface area contributed by atoms with Gasteiger partial charge in [0.1, 0.15) is 0 Å². The first-order valence-electron chi connectivity index (χ1n) is 9.00. The Balaban J connectivity index is 1.42. The zero-order valence-corrected chi connectivity index (χ0v) is 15.5. The van der Waals surface area contributed by atoms with Crippen LogP contribution < -0.4 is 11.2 Å². The number of thiazole rings is 1. The third-order valence-corrected chi connectivity index (χ3v) is 5.93. The average Bonchev–Trinajstić information content (AvgIpc) is 3.21. The summed E-state index contributed by atoms with van der Waals surface area (Å²) in [6.45, 7) is 13.5. The van der Waals surface area contributed by atoms with Crippen LogP contribution in [0.2, 0.25) is 0 Å². The number of nitrogens with two attached hydrogens (primary N) is 1. The standard InChI is InChI=1S/C17H30N6S/c1-3-14(2)22-9-7-21(8-10-22)12-15-13-24-17(20-15)19-11-16-5-4-6-23(16)18/h13,16H,2-12,18H2,1H3,(H,19,20)/t16-/m1/s1. The Kier molecular flexibility index (Phi) is 6.10. The van der Waals surface area contributed by atoms with Gasteiger partial charge in [0, 0.05) is 62.9 Å². The molecule has 3 heterocycles. The lowest BCUT2D eigenvalue weighted by molar-refractivity contribution is 0.150. The highest BCUT2D eigenvalue weighted by Crippen LogP contribution is 2.20. The number of anilines is 1. The molecule has 0 bridgehead atoms. The topological polar surface area (TPSA) is 60.7 Å². The van der Waals surface area contributed by atoms with Gasteiger partial charge in [0.2, 0.25) is 0 Å². The van der Waals surface area contributed by atoms with Crippen LogP contribution in [0.15, 0.2) is 17.7 Å². The van der Waals surface area contributed by atoms with Gasteiger partial charge in [-0.15, -0.1) is 11.3 Å². The van der Waals surface area contributed by atoms with Crippen LogP contribution >= 0.6 is 11.3 Å². The number of hydrazine groups is 1. The van der Waals surface area contributed by atoms with Crippen molar-refractivity contribution in [1.29, 1.82) is 0 Å². The first-order valence-corrected chi connectivity index (χ1v) is 9.88. The molecular formula is C17H30N6S. The molecule has 1 aromatic rings. The van der Waals surface area contributed by atoms with Crippen molar-refractivity contribution in [2.24, 2.45) is 5.84 Å². The van der Waals surface area contributed by atoms with Gasteiger partial charge in [0.15, 0.2) is 5.13 Å². The smallest absolute Gasteiger partial charge is 0.182 e. The molecule has 0 radical (unpaired) electrons. The number of nitrogens with zero attached hydrogens (tertiary/aromatic N) is 4. The van der Waals surface area contributed by atoms with Crippen molar-refractivity contribution < 1.29 is 0 Å². The molecular weight excluding hydrogens is 320 g/mol. The Morgan fingerprint density at radius 1 is 1.38 bits per heavy atom. The van der Waals surface area contributed by atoms with Gasteiger partial charge in [0.25, 0.3) is 0 Å². The van der Waals surface area contributed by atoms with Crippen molar-refractivity contribution >= 4 is 16.5 Å². The molecule has 3 N–H and O–H groups in total. The highest BCUT2D eigenvalue weighted by molar-refractivity contribution is 7.13.